The van der Waals surface area contributed by atoms with Gasteiger partial charge in [0.1, 0.15) is 6.10 Å². The van der Waals surface area contributed by atoms with Crippen molar-refractivity contribution in [3.8, 4) is 0 Å². The average Bonchev–Trinajstić information content (AvgIpc) is 3.20. The Kier molecular flexibility index (Phi) is 6.38. The quantitative estimate of drug-likeness (QED) is 0.382. The van der Waals surface area contributed by atoms with E-state index in [1.165, 1.54) is 12.1 Å². The summed E-state index contributed by atoms with van der Waals surface area (Å²) in [5.41, 5.74) is 0.303. The summed E-state index contributed by atoms with van der Waals surface area (Å²) >= 11 is 0. The maximum atomic E-state index is 14.7. The zero-order chi connectivity index (χ0) is 27.1. The second-order valence-corrected chi connectivity index (χ2v) is 10.2. The maximum absolute atomic E-state index is 14.7. The van der Waals surface area contributed by atoms with Crippen molar-refractivity contribution in [2.24, 2.45) is 0 Å². The van der Waals surface area contributed by atoms with Gasteiger partial charge in [0.25, 0.3) is 0 Å². The highest BCUT2D eigenvalue weighted by Gasteiger charge is 2.40. The van der Waals surface area contributed by atoms with Crippen molar-refractivity contribution in [1.82, 2.24) is 24.4 Å². The predicted octanol–water partition coefficient (Wildman–Crippen LogP) is 4.14. The highest BCUT2D eigenvalue weighted by Crippen LogP contribution is 2.41. The first-order valence-electron chi connectivity index (χ1n) is 13.0. The van der Waals surface area contributed by atoms with E-state index in [9.17, 15) is 23.5 Å². The lowest BCUT2D eigenvalue weighted by Gasteiger charge is -2.33. The number of pyridine rings is 2. The molecule has 0 radical (unpaired) electrons. The van der Waals surface area contributed by atoms with Crippen molar-refractivity contribution in [1.29, 1.82) is 0 Å². The second-order valence-electron chi connectivity index (χ2n) is 10.2. The smallest absolute Gasteiger partial charge is 0.410 e. The number of nitrogens with zero attached hydrogens (tertiary/aromatic N) is 4. The van der Waals surface area contributed by atoms with Crippen LogP contribution in [-0.4, -0.2) is 48.7 Å². The number of carbonyl (C=O) groups excluding carboxylic acids is 1. The normalized spacial score (nSPS) is 21.9. The van der Waals surface area contributed by atoms with Gasteiger partial charge in [-0.3, -0.25) is 14.5 Å². The number of hydrogen-bond acceptors (Lipinski definition) is 6. The predicted molar refractivity (Wildman–Crippen MR) is 137 cm³/mol. The number of fused-ring (bicyclic) bond motifs is 2. The fraction of sp³-hybridized carbons (Fsp3) is 0.357. The van der Waals surface area contributed by atoms with Gasteiger partial charge in [0.15, 0.2) is 17.3 Å². The summed E-state index contributed by atoms with van der Waals surface area (Å²) in [6, 6.07) is 10.7. The molecule has 2 atom stereocenters. The monoisotopic (exact) mass is 535 g/mol. The molecule has 1 fully saturated rings. The molecule has 39 heavy (non-hydrogen) atoms. The summed E-state index contributed by atoms with van der Waals surface area (Å²) in [6.45, 7) is 0.784. The van der Waals surface area contributed by atoms with Gasteiger partial charge in [-0.15, -0.1) is 0 Å². The number of H-pyrrole nitrogens is 1. The number of hydrogen-bond donors (Lipinski definition) is 2. The minimum atomic E-state index is -1.69. The van der Waals surface area contributed by atoms with E-state index in [1.54, 1.807) is 40.1 Å². The van der Waals surface area contributed by atoms with E-state index in [-0.39, 0.29) is 36.6 Å². The number of carbonyl (C=O) groups is 1. The van der Waals surface area contributed by atoms with Crippen LogP contribution in [0.25, 0.3) is 11.2 Å². The van der Waals surface area contributed by atoms with Crippen LogP contribution < -0.4 is 5.69 Å². The van der Waals surface area contributed by atoms with Gasteiger partial charge in [0.2, 0.25) is 0 Å². The first-order valence-corrected chi connectivity index (χ1v) is 13.0. The third-order valence-electron chi connectivity index (χ3n) is 7.81. The van der Waals surface area contributed by atoms with Crippen LogP contribution in [0.1, 0.15) is 54.6 Å². The minimum absolute atomic E-state index is 0.00419. The third kappa shape index (κ3) is 4.56. The number of aromatic nitrogens is 4. The van der Waals surface area contributed by atoms with E-state index in [0.717, 1.165) is 11.6 Å². The Morgan fingerprint density at radius 3 is 2.64 bits per heavy atom. The lowest BCUT2D eigenvalue weighted by molar-refractivity contribution is 0.00512. The zero-order valence-electron chi connectivity index (χ0n) is 21.0. The van der Waals surface area contributed by atoms with Gasteiger partial charge in [0, 0.05) is 43.5 Å². The van der Waals surface area contributed by atoms with Crippen LogP contribution in [-0.2, 0) is 16.8 Å². The minimum Gasteiger partial charge on any atom is -0.440 e. The van der Waals surface area contributed by atoms with Crippen molar-refractivity contribution in [2.45, 2.75) is 49.9 Å². The van der Waals surface area contributed by atoms with Crippen LogP contribution in [0.4, 0.5) is 13.6 Å². The Balaban J connectivity index is 1.18. The van der Waals surface area contributed by atoms with E-state index >= 15 is 0 Å². The van der Waals surface area contributed by atoms with Crippen LogP contribution in [0.2, 0.25) is 0 Å². The van der Waals surface area contributed by atoms with Gasteiger partial charge < -0.3 is 14.7 Å². The Morgan fingerprint density at radius 2 is 1.82 bits per heavy atom. The molecule has 1 aliphatic heterocycles. The van der Waals surface area contributed by atoms with Gasteiger partial charge in [-0.1, -0.05) is 18.2 Å². The van der Waals surface area contributed by atoms with Crippen molar-refractivity contribution in [3.63, 3.8) is 0 Å². The molecule has 1 amide bonds. The van der Waals surface area contributed by atoms with E-state index in [1.807, 2.05) is 6.07 Å². The number of ether oxygens (including phenoxy) is 1. The molecule has 9 nitrogen and oxygen atoms in total. The Bertz CT molecular complexity index is 1600. The van der Waals surface area contributed by atoms with Gasteiger partial charge in [-0.2, -0.15) is 0 Å². The highest BCUT2D eigenvalue weighted by atomic mass is 19.2. The van der Waals surface area contributed by atoms with Gasteiger partial charge >= 0.3 is 11.8 Å². The lowest BCUT2D eigenvalue weighted by Crippen LogP contribution is -2.41. The summed E-state index contributed by atoms with van der Waals surface area (Å²) in [6.07, 6.45) is 3.26. The van der Waals surface area contributed by atoms with Crippen LogP contribution in [0.3, 0.4) is 0 Å². The number of aliphatic hydroxyl groups is 1. The molecule has 0 bridgehead atoms. The van der Waals surface area contributed by atoms with E-state index in [2.05, 4.69) is 15.0 Å². The van der Waals surface area contributed by atoms with Gasteiger partial charge in [-0.05, 0) is 55.5 Å². The Morgan fingerprint density at radius 1 is 1.05 bits per heavy atom. The second kappa shape index (κ2) is 9.88. The number of benzene rings is 1. The third-order valence-corrected chi connectivity index (χ3v) is 7.81. The number of aromatic amines is 1. The molecule has 0 spiro atoms. The van der Waals surface area contributed by atoms with Crippen LogP contribution >= 0.6 is 0 Å². The van der Waals surface area contributed by atoms with Crippen molar-refractivity contribution in [3.05, 3.63) is 93.8 Å². The lowest BCUT2D eigenvalue weighted by atomic mass is 9.85. The number of likely N-dealkylation sites (tertiary alicyclic amines) is 1. The van der Waals surface area contributed by atoms with Gasteiger partial charge in [-0.25, -0.2) is 23.4 Å². The standard InChI is InChI=1S/C28H27F2N5O4/c29-20-6-1-5-19(23(20)30)28(38)11-8-22(24-17(16-28)4-2-12-31-24)39-27(37)34-14-9-18(10-15-34)35-21-7-3-13-32-25(21)33-26(35)36/h1-7,12-13,18,22,38H,8-11,14-16H2,(H,32,33,36). The van der Waals surface area contributed by atoms with Crippen molar-refractivity contribution in [2.75, 3.05) is 13.1 Å². The molecular formula is C28H27F2N5O4. The Labute approximate surface area is 222 Å². The van der Waals surface area contributed by atoms with Crippen LogP contribution in [0, 0.1) is 11.6 Å². The highest BCUT2D eigenvalue weighted by molar-refractivity contribution is 5.70. The number of piperidine rings is 1. The number of amides is 1. The molecule has 2 unspecified atom stereocenters. The molecule has 2 N–H and O–H groups in total. The van der Waals surface area contributed by atoms with Crippen LogP contribution in [0.5, 0.6) is 0 Å². The summed E-state index contributed by atoms with van der Waals surface area (Å²) in [5, 5.41) is 11.5. The molecule has 2 aliphatic rings. The summed E-state index contributed by atoms with van der Waals surface area (Å²) in [4.78, 5) is 38.8. The molecule has 1 aliphatic carbocycles. The van der Waals surface area contributed by atoms with E-state index in [4.69, 9.17) is 4.74 Å². The molecule has 11 heteroatoms. The fourth-order valence-electron chi connectivity index (χ4n) is 5.83. The summed E-state index contributed by atoms with van der Waals surface area (Å²) < 4.78 is 36.2. The number of halogens is 2. The average molecular weight is 536 g/mol. The molecule has 4 heterocycles. The maximum Gasteiger partial charge on any atom is 0.410 e. The Hall–Kier alpha value is -4.12. The SMILES string of the molecule is O=C(OC1CCC(O)(c2cccc(F)c2F)Cc2cccnc21)N1CCC(n2c(=O)[nH]c3ncccc32)CC1. The first kappa shape index (κ1) is 25.2. The molecule has 202 valence electrons. The van der Waals surface area contributed by atoms with Gasteiger partial charge in [0.05, 0.1) is 16.8 Å². The molecule has 1 saturated heterocycles. The molecular weight excluding hydrogens is 508 g/mol. The van der Waals surface area contributed by atoms with Crippen LogP contribution in [0.15, 0.2) is 59.7 Å². The van der Waals surface area contributed by atoms with Crippen molar-refractivity contribution >= 4 is 17.3 Å². The molecule has 4 aromatic rings. The molecule has 1 aromatic carbocycles. The fourth-order valence-corrected chi connectivity index (χ4v) is 5.83. The topological polar surface area (TPSA) is 113 Å². The zero-order valence-corrected chi connectivity index (χ0v) is 21.0. The molecule has 3 aromatic heterocycles. The first-order chi connectivity index (χ1) is 18.8. The molecule has 0 saturated carbocycles. The number of rotatable bonds is 3. The largest absolute Gasteiger partial charge is 0.440 e. The summed E-state index contributed by atoms with van der Waals surface area (Å²) in [5.74, 6) is -2.12. The molecule has 6 rings (SSSR count). The van der Waals surface area contributed by atoms with Crippen molar-refractivity contribution < 1.29 is 23.4 Å². The van der Waals surface area contributed by atoms with E-state index < -0.39 is 29.4 Å². The number of imidazole rings is 1. The number of nitrogens with one attached hydrogen (secondary N) is 1. The van der Waals surface area contributed by atoms with E-state index in [0.29, 0.717) is 42.8 Å². The summed E-state index contributed by atoms with van der Waals surface area (Å²) in [7, 11) is 0.